The van der Waals surface area contributed by atoms with Gasteiger partial charge in [-0.1, -0.05) is 6.07 Å². The molecule has 0 aliphatic heterocycles. The predicted molar refractivity (Wildman–Crippen MR) is 64.7 cm³/mol. The summed E-state index contributed by atoms with van der Waals surface area (Å²) in [6, 6.07) is 4.66. The van der Waals surface area contributed by atoms with Crippen molar-refractivity contribution in [1.29, 1.82) is 0 Å². The van der Waals surface area contributed by atoms with Crippen molar-refractivity contribution in [2.75, 3.05) is 0 Å². The first-order valence-corrected chi connectivity index (χ1v) is 5.46. The fourth-order valence-electron chi connectivity index (χ4n) is 1.82. The Morgan fingerprint density at radius 1 is 1.47 bits per heavy atom. The van der Waals surface area contributed by atoms with E-state index in [1.54, 1.807) is 18.3 Å². The molecule has 0 fully saturated rings. The summed E-state index contributed by atoms with van der Waals surface area (Å²) in [6.45, 7) is 4.09. The van der Waals surface area contributed by atoms with Crippen LogP contribution >= 0.6 is 0 Å². The Labute approximate surface area is 98.8 Å². The van der Waals surface area contributed by atoms with Crippen LogP contribution < -0.4 is 5.73 Å². The zero-order valence-electron chi connectivity index (χ0n) is 9.79. The lowest BCUT2D eigenvalue weighted by atomic mass is 10.1. The number of aromatic nitrogens is 2. The van der Waals surface area contributed by atoms with Crippen LogP contribution in [0.15, 0.2) is 24.4 Å². The van der Waals surface area contributed by atoms with Crippen molar-refractivity contribution in [3.63, 3.8) is 0 Å². The van der Waals surface area contributed by atoms with E-state index in [1.165, 1.54) is 0 Å². The van der Waals surface area contributed by atoms with Crippen LogP contribution in [-0.4, -0.2) is 20.9 Å². The van der Waals surface area contributed by atoms with Crippen LogP contribution in [0.5, 0.6) is 0 Å². The van der Waals surface area contributed by atoms with Gasteiger partial charge in [0, 0.05) is 11.4 Å². The Hall–Kier alpha value is -1.88. The minimum Gasteiger partial charge on any atom is -0.480 e. The summed E-state index contributed by atoms with van der Waals surface area (Å²) in [5.74, 6) is -1.03. The first-order chi connectivity index (χ1) is 8.00. The van der Waals surface area contributed by atoms with Crippen LogP contribution in [0.4, 0.5) is 0 Å². The molecule has 17 heavy (non-hydrogen) atoms. The fourth-order valence-corrected chi connectivity index (χ4v) is 1.82. The number of hydrogen-bond acceptors (Lipinski definition) is 3. The second-order valence-corrected chi connectivity index (χ2v) is 4.32. The Balaban J connectivity index is 2.49. The van der Waals surface area contributed by atoms with Crippen molar-refractivity contribution in [1.82, 2.24) is 9.78 Å². The van der Waals surface area contributed by atoms with Gasteiger partial charge in [-0.3, -0.25) is 9.48 Å². The summed E-state index contributed by atoms with van der Waals surface area (Å²) in [4.78, 5) is 10.8. The van der Waals surface area contributed by atoms with Gasteiger partial charge in [-0.15, -0.1) is 0 Å². The van der Waals surface area contributed by atoms with Gasteiger partial charge in [0.05, 0.1) is 11.7 Å². The average Bonchev–Trinajstić information content (AvgIpc) is 2.70. The maximum absolute atomic E-state index is 10.8. The van der Waals surface area contributed by atoms with Crippen molar-refractivity contribution in [2.45, 2.75) is 25.9 Å². The molecule has 5 heteroatoms. The molecule has 1 unspecified atom stereocenters. The molecule has 3 N–H and O–H groups in total. The molecule has 0 radical (unpaired) electrons. The summed E-state index contributed by atoms with van der Waals surface area (Å²) in [5.41, 5.74) is 7.15. The number of nitrogens with two attached hydrogens (primary N) is 1. The van der Waals surface area contributed by atoms with Gasteiger partial charge in [0.15, 0.2) is 0 Å². The first kappa shape index (κ1) is 11.6. The van der Waals surface area contributed by atoms with E-state index >= 15 is 0 Å². The van der Waals surface area contributed by atoms with Crippen molar-refractivity contribution >= 4 is 16.9 Å². The molecule has 90 valence electrons. The van der Waals surface area contributed by atoms with Crippen LogP contribution in [0.1, 0.15) is 31.5 Å². The molecule has 2 rings (SSSR count). The third kappa shape index (κ3) is 2.01. The number of carboxylic acids is 1. The van der Waals surface area contributed by atoms with Gasteiger partial charge in [-0.25, -0.2) is 0 Å². The smallest absolute Gasteiger partial charge is 0.325 e. The third-order valence-corrected chi connectivity index (χ3v) is 2.73. The molecule has 0 aliphatic carbocycles. The van der Waals surface area contributed by atoms with Crippen LogP contribution in [0.3, 0.4) is 0 Å². The lowest BCUT2D eigenvalue weighted by molar-refractivity contribution is -0.138. The molecule has 1 atom stereocenters. The SMILES string of the molecule is CC(C)n1ncc2cc(C(N)C(=O)O)ccc21. The second-order valence-electron chi connectivity index (χ2n) is 4.32. The minimum absolute atomic E-state index is 0.270. The first-order valence-electron chi connectivity index (χ1n) is 5.46. The maximum Gasteiger partial charge on any atom is 0.325 e. The highest BCUT2D eigenvalue weighted by Crippen LogP contribution is 2.21. The quantitative estimate of drug-likeness (QED) is 0.845. The van der Waals surface area contributed by atoms with Gasteiger partial charge in [0.25, 0.3) is 0 Å². The molecule has 5 nitrogen and oxygen atoms in total. The number of rotatable bonds is 3. The van der Waals surface area contributed by atoms with E-state index in [0.717, 1.165) is 10.9 Å². The van der Waals surface area contributed by atoms with E-state index < -0.39 is 12.0 Å². The summed E-state index contributed by atoms with van der Waals surface area (Å²) in [7, 11) is 0. The molecular weight excluding hydrogens is 218 g/mol. The standard InChI is InChI=1S/C12H15N3O2/c1-7(2)15-10-4-3-8(11(13)12(16)17)5-9(10)6-14-15/h3-7,11H,13H2,1-2H3,(H,16,17). The Bertz CT molecular complexity index is 560. The highest BCUT2D eigenvalue weighted by molar-refractivity contribution is 5.82. The minimum atomic E-state index is -1.03. The highest BCUT2D eigenvalue weighted by Gasteiger charge is 2.15. The summed E-state index contributed by atoms with van der Waals surface area (Å²) >= 11 is 0. The molecule has 1 aromatic heterocycles. The predicted octanol–water partition coefficient (Wildman–Crippen LogP) is 1.70. The van der Waals surface area contributed by atoms with Gasteiger partial charge in [-0.05, 0) is 31.5 Å². The summed E-state index contributed by atoms with van der Waals surface area (Å²) in [5, 5.41) is 14.0. The average molecular weight is 233 g/mol. The van der Waals surface area contributed by atoms with Crippen molar-refractivity contribution in [3.8, 4) is 0 Å². The summed E-state index contributed by atoms with van der Waals surface area (Å²) in [6.07, 6.45) is 1.73. The van der Waals surface area contributed by atoms with Crippen molar-refractivity contribution in [3.05, 3.63) is 30.0 Å². The van der Waals surface area contributed by atoms with Crippen molar-refractivity contribution < 1.29 is 9.90 Å². The molecule has 0 bridgehead atoms. The highest BCUT2D eigenvalue weighted by atomic mass is 16.4. The molecule has 0 saturated heterocycles. The van der Waals surface area contributed by atoms with Crippen LogP contribution in [0.2, 0.25) is 0 Å². The zero-order valence-corrected chi connectivity index (χ0v) is 9.79. The third-order valence-electron chi connectivity index (χ3n) is 2.73. The number of carbonyl (C=O) groups is 1. The maximum atomic E-state index is 10.8. The molecule has 1 heterocycles. The van der Waals surface area contributed by atoms with E-state index in [2.05, 4.69) is 5.10 Å². The fraction of sp³-hybridized carbons (Fsp3) is 0.333. The molecule has 0 amide bonds. The van der Waals surface area contributed by atoms with Gasteiger partial charge in [0.1, 0.15) is 6.04 Å². The topological polar surface area (TPSA) is 81.1 Å². The number of carboxylic acid groups (broad SMARTS) is 1. The molecule has 0 saturated carbocycles. The Morgan fingerprint density at radius 3 is 2.76 bits per heavy atom. The lowest BCUT2D eigenvalue weighted by Gasteiger charge is -2.09. The molecule has 0 aliphatic rings. The van der Waals surface area contributed by atoms with Crippen LogP contribution in [0, 0.1) is 0 Å². The van der Waals surface area contributed by atoms with E-state index in [4.69, 9.17) is 10.8 Å². The Kier molecular flexibility index (Phi) is 2.85. The lowest BCUT2D eigenvalue weighted by Crippen LogP contribution is -2.20. The number of hydrogen-bond donors (Lipinski definition) is 2. The molecule has 2 aromatic rings. The monoisotopic (exact) mass is 233 g/mol. The van der Waals surface area contributed by atoms with E-state index in [0.29, 0.717) is 5.56 Å². The van der Waals surface area contributed by atoms with Crippen molar-refractivity contribution in [2.24, 2.45) is 5.73 Å². The second kappa shape index (κ2) is 4.18. The van der Waals surface area contributed by atoms with Gasteiger partial charge in [-0.2, -0.15) is 5.10 Å². The molecule has 0 spiro atoms. The number of nitrogens with zero attached hydrogens (tertiary/aromatic N) is 2. The number of fused-ring (bicyclic) bond motifs is 1. The molecular formula is C12H15N3O2. The summed E-state index contributed by atoms with van der Waals surface area (Å²) < 4.78 is 1.89. The number of aliphatic carboxylic acids is 1. The van der Waals surface area contributed by atoms with Gasteiger partial charge >= 0.3 is 5.97 Å². The van der Waals surface area contributed by atoms with E-state index in [-0.39, 0.29) is 6.04 Å². The van der Waals surface area contributed by atoms with Crippen LogP contribution in [0.25, 0.3) is 10.9 Å². The largest absolute Gasteiger partial charge is 0.480 e. The van der Waals surface area contributed by atoms with E-state index in [9.17, 15) is 4.79 Å². The Morgan fingerprint density at radius 2 is 2.18 bits per heavy atom. The normalized spacial score (nSPS) is 13.2. The van der Waals surface area contributed by atoms with Gasteiger partial charge in [0.2, 0.25) is 0 Å². The zero-order chi connectivity index (χ0) is 12.6. The number of benzene rings is 1. The van der Waals surface area contributed by atoms with Gasteiger partial charge < -0.3 is 10.8 Å². The molecule has 1 aromatic carbocycles. The van der Waals surface area contributed by atoms with E-state index in [1.807, 2.05) is 24.6 Å². The van der Waals surface area contributed by atoms with Crippen LogP contribution in [-0.2, 0) is 4.79 Å².